The zero-order chi connectivity index (χ0) is 16.4. The maximum atomic E-state index is 12.3. The fraction of sp³-hybridized carbons (Fsp3) is 0.632. The number of rotatable bonds is 4. The highest BCUT2D eigenvalue weighted by molar-refractivity contribution is 5.75. The van der Waals surface area contributed by atoms with Gasteiger partial charge in [0.25, 0.3) is 0 Å². The first-order chi connectivity index (χ1) is 11.8. The Morgan fingerprint density at radius 3 is 2.75 bits per heavy atom. The van der Waals surface area contributed by atoms with Gasteiger partial charge in [0.2, 0.25) is 0 Å². The lowest BCUT2D eigenvalue weighted by molar-refractivity contribution is 0.171. The van der Waals surface area contributed by atoms with Crippen molar-refractivity contribution in [3.05, 3.63) is 34.7 Å². The first kappa shape index (κ1) is 15.9. The van der Waals surface area contributed by atoms with E-state index in [1.54, 1.807) is 0 Å². The Morgan fingerprint density at radius 2 is 1.96 bits per heavy atom. The van der Waals surface area contributed by atoms with Crippen molar-refractivity contribution in [2.45, 2.75) is 38.1 Å². The molecule has 1 unspecified atom stereocenters. The van der Waals surface area contributed by atoms with Gasteiger partial charge in [-0.3, -0.25) is 4.57 Å². The highest BCUT2D eigenvalue weighted by atomic mass is 16.1. The Labute approximate surface area is 143 Å². The monoisotopic (exact) mass is 328 g/mol. The van der Waals surface area contributed by atoms with Crippen LogP contribution < -0.4 is 11.0 Å². The molecular formula is C19H28N4O. The van der Waals surface area contributed by atoms with Gasteiger partial charge in [0, 0.05) is 19.1 Å². The molecule has 0 spiro atoms. The lowest BCUT2D eigenvalue weighted by Gasteiger charge is -2.34. The first-order valence-electron chi connectivity index (χ1n) is 9.43. The van der Waals surface area contributed by atoms with E-state index in [0.717, 1.165) is 42.9 Å². The van der Waals surface area contributed by atoms with Gasteiger partial charge >= 0.3 is 5.69 Å². The molecule has 2 N–H and O–H groups in total. The van der Waals surface area contributed by atoms with Crippen molar-refractivity contribution >= 4 is 11.0 Å². The predicted molar refractivity (Wildman–Crippen MR) is 97.5 cm³/mol. The molecule has 1 atom stereocenters. The summed E-state index contributed by atoms with van der Waals surface area (Å²) < 4.78 is 1.98. The van der Waals surface area contributed by atoms with Crippen molar-refractivity contribution in [1.82, 2.24) is 19.8 Å². The number of hydrogen-bond donors (Lipinski definition) is 2. The number of aromatic amines is 1. The van der Waals surface area contributed by atoms with Crippen LogP contribution in [0.4, 0.5) is 0 Å². The molecule has 4 rings (SSSR count). The Bertz CT molecular complexity index is 720. The third-order valence-corrected chi connectivity index (χ3v) is 5.80. The van der Waals surface area contributed by atoms with Crippen molar-refractivity contribution in [2.75, 3.05) is 32.7 Å². The molecule has 1 aromatic carbocycles. The minimum atomic E-state index is 0.0444. The van der Waals surface area contributed by atoms with Crippen LogP contribution in [0.25, 0.3) is 11.0 Å². The second-order valence-electron chi connectivity index (χ2n) is 7.39. The Kier molecular flexibility index (Phi) is 4.72. The van der Waals surface area contributed by atoms with Gasteiger partial charge < -0.3 is 15.2 Å². The molecule has 0 amide bonds. The van der Waals surface area contributed by atoms with Gasteiger partial charge in [-0.2, -0.15) is 0 Å². The molecule has 0 aliphatic carbocycles. The molecule has 2 fully saturated rings. The van der Waals surface area contributed by atoms with Crippen LogP contribution in [0.2, 0.25) is 0 Å². The van der Waals surface area contributed by atoms with Crippen molar-refractivity contribution in [2.24, 2.45) is 5.92 Å². The van der Waals surface area contributed by atoms with Crippen LogP contribution in [0.1, 0.15) is 38.1 Å². The summed E-state index contributed by atoms with van der Waals surface area (Å²) in [7, 11) is 0. The fourth-order valence-corrected chi connectivity index (χ4v) is 4.37. The van der Waals surface area contributed by atoms with E-state index >= 15 is 0 Å². The number of fused-ring (bicyclic) bond motifs is 1. The summed E-state index contributed by atoms with van der Waals surface area (Å²) in [5, 5.41) is 3.51. The standard InChI is InChI=1S/C19H28N4O/c24-19-21-17-5-1-2-6-18(17)23(19)16-8-12-22(13-9-16)11-7-15-4-3-10-20-14-15/h1-2,5-6,15-16,20H,3-4,7-14H2,(H,21,24). The third-order valence-electron chi connectivity index (χ3n) is 5.80. The largest absolute Gasteiger partial charge is 0.326 e. The molecule has 2 aliphatic rings. The number of H-pyrrole nitrogens is 1. The number of nitrogens with one attached hydrogen (secondary N) is 2. The maximum absolute atomic E-state index is 12.3. The quantitative estimate of drug-likeness (QED) is 0.906. The van der Waals surface area contributed by atoms with Gasteiger partial charge in [-0.05, 0) is 69.8 Å². The van der Waals surface area contributed by atoms with Gasteiger partial charge in [0.15, 0.2) is 0 Å². The van der Waals surface area contributed by atoms with Crippen molar-refractivity contribution < 1.29 is 0 Å². The number of para-hydroxylation sites is 2. The topological polar surface area (TPSA) is 53.1 Å². The summed E-state index contributed by atoms with van der Waals surface area (Å²) in [5.41, 5.74) is 2.05. The number of nitrogens with zero attached hydrogens (tertiary/aromatic N) is 2. The molecule has 3 heterocycles. The molecule has 2 saturated heterocycles. The summed E-state index contributed by atoms with van der Waals surface area (Å²) in [4.78, 5) is 17.9. The highest BCUT2D eigenvalue weighted by Gasteiger charge is 2.24. The average Bonchev–Trinajstić information content (AvgIpc) is 2.97. The summed E-state index contributed by atoms with van der Waals surface area (Å²) in [6, 6.07) is 8.36. The molecule has 2 aliphatic heterocycles. The Balaban J connectivity index is 1.35. The molecule has 24 heavy (non-hydrogen) atoms. The minimum absolute atomic E-state index is 0.0444. The zero-order valence-corrected chi connectivity index (χ0v) is 14.3. The first-order valence-corrected chi connectivity index (χ1v) is 9.43. The molecule has 0 bridgehead atoms. The fourth-order valence-electron chi connectivity index (χ4n) is 4.37. The molecular weight excluding hydrogens is 300 g/mol. The van der Waals surface area contributed by atoms with Crippen LogP contribution in [0.15, 0.2) is 29.1 Å². The SMILES string of the molecule is O=c1[nH]c2ccccc2n1C1CCN(CCC2CCCNC2)CC1. The zero-order valence-electron chi connectivity index (χ0n) is 14.3. The number of likely N-dealkylation sites (tertiary alicyclic amines) is 1. The van der Waals surface area contributed by atoms with Gasteiger partial charge in [-0.15, -0.1) is 0 Å². The van der Waals surface area contributed by atoms with Crippen molar-refractivity contribution in [3.8, 4) is 0 Å². The highest BCUT2D eigenvalue weighted by Crippen LogP contribution is 2.25. The minimum Gasteiger partial charge on any atom is -0.316 e. The Morgan fingerprint density at radius 1 is 1.12 bits per heavy atom. The van der Waals surface area contributed by atoms with Crippen LogP contribution in [0, 0.1) is 5.92 Å². The predicted octanol–water partition coefficient (Wildman–Crippen LogP) is 2.36. The van der Waals surface area contributed by atoms with E-state index in [1.807, 2.05) is 22.8 Å². The van der Waals surface area contributed by atoms with E-state index in [9.17, 15) is 4.79 Å². The van der Waals surface area contributed by atoms with Crippen LogP contribution in [-0.2, 0) is 0 Å². The van der Waals surface area contributed by atoms with Crippen LogP contribution in [0.5, 0.6) is 0 Å². The van der Waals surface area contributed by atoms with Gasteiger partial charge in [0.1, 0.15) is 0 Å². The van der Waals surface area contributed by atoms with Crippen LogP contribution in [-0.4, -0.2) is 47.2 Å². The lowest BCUT2D eigenvalue weighted by atomic mass is 9.95. The normalized spacial score (nSPS) is 23.8. The van der Waals surface area contributed by atoms with E-state index in [4.69, 9.17) is 0 Å². The molecule has 2 aromatic rings. The van der Waals surface area contributed by atoms with E-state index in [-0.39, 0.29) is 5.69 Å². The van der Waals surface area contributed by atoms with Crippen LogP contribution >= 0.6 is 0 Å². The van der Waals surface area contributed by atoms with E-state index in [2.05, 4.69) is 21.3 Å². The molecule has 0 saturated carbocycles. The molecule has 130 valence electrons. The number of piperidine rings is 2. The van der Waals surface area contributed by atoms with Crippen LogP contribution in [0.3, 0.4) is 0 Å². The molecule has 5 heteroatoms. The molecule has 5 nitrogen and oxygen atoms in total. The smallest absolute Gasteiger partial charge is 0.316 e. The number of aromatic nitrogens is 2. The summed E-state index contributed by atoms with van der Waals surface area (Å²) >= 11 is 0. The maximum Gasteiger partial charge on any atom is 0.326 e. The van der Waals surface area contributed by atoms with Gasteiger partial charge in [-0.1, -0.05) is 12.1 Å². The van der Waals surface area contributed by atoms with Gasteiger partial charge in [-0.25, -0.2) is 4.79 Å². The summed E-state index contributed by atoms with van der Waals surface area (Å²) in [5.74, 6) is 0.854. The van der Waals surface area contributed by atoms with Gasteiger partial charge in [0.05, 0.1) is 11.0 Å². The number of hydrogen-bond acceptors (Lipinski definition) is 3. The summed E-state index contributed by atoms with van der Waals surface area (Å²) in [6.07, 6.45) is 6.17. The molecule has 0 radical (unpaired) electrons. The van der Waals surface area contributed by atoms with E-state index in [1.165, 1.54) is 38.9 Å². The summed E-state index contributed by atoms with van der Waals surface area (Å²) in [6.45, 7) is 5.82. The van der Waals surface area contributed by atoms with Crippen molar-refractivity contribution in [1.29, 1.82) is 0 Å². The third kappa shape index (κ3) is 3.28. The second-order valence-corrected chi connectivity index (χ2v) is 7.39. The van der Waals surface area contributed by atoms with Crippen molar-refractivity contribution in [3.63, 3.8) is 0 Å². The molecule has 1 aromatic heterocycles. The second kappa shape index (κ2) is 7.11. The number of imidazole rings is 1. The number of benzene rings is 1. The lowest BCUT2D eigenvalue weighted by Crippen LogP contribution is -2.39. The average molecular weight is 328 g/mol. The van der Waals surface area contributed by atoms with E-state index < -0.39 is 0 Å². The van der Waals surface area contributed by atoms with E-state index in [0.29, 0.717) is 6.04 Å². The Hall–Kier alpha value is -1.59.